The summed E-state index contributed by atoms with van der Waals surface area (Å²) in [6, 6.07) is 14.4. The monoisotopic (exact) mass is 433 g/mol. The van der Waals surface area contributed by atoms with Crippen LogP contribution < -0.4 is 11.2 Å². The SMILES string of the molecule is Nn1c(SC(C(=O)Nc2cc(Cl)cc(Cl)c2)c2ccccc2)nnc1C1CC1. The molecule has 3 aromatic rings. The molecule has 0 bridgehead atoms. The Balaban J connectivity index is 1.61. The van der Waals surface area contributed by atoms with Crippen molar-refractivity contribution in [2.24, 2.45) is 0 Å². The minimum atomic E-state index is -0.572. The number of amides is 1. The second-order valence-corrected chi connectivity index (χ2v) is 8.49. The first-order chi connectivity index (χ1) is 13.5. The molecular weight excluding hydrogens is 417 g/mol. The molecule has 0 spiro atoms. The van der Waals surface area contributed by atoms with Gasteiger partial charge >= 0.3 is 0 Å². The number of anilines is 1. The van der Waals surface area contributed by atoms with Gasteiger partial charge in [-0.2, -0.15) is 0 Å². The molecule has 1 aliphatic carbocycles. The molecule has 1 amide bonds. The van der Waals surface area contributed by atoms with Crippen molar-refractivity contribution in [1.82, 2.24) is 14.9 Å². The van der Waals surface area contributed by atoms with Crippen LogP contribution in [0.2, 0.25) is 10.0 Å². The molecule has 0 saturated heterocycles. The Morgan fingerprint density at radius 1 is 1.14 bits per heavy atom. The van der Waals surface area contributed by atoms with Crippen molar-refractivity contribution >= 4 is 46.6 Å². The van der Waals surface area contributed by atoms with E-state index in [4.69, 9.17) is 29.0 Å². The lowest BCUT2D eigenvalue weighted by atomic mass is 10.1. The summed E-state index contributed by atoms with van der Waals surface area (Å²) in [4.78, 5) is 13.1. The maximum Gasteiger partial charge on any atom is 0.242 e. The molecule has 1 aromatic heterocycles. The van der Waals surface area contributed by atoms with Crippen LogP contribution >= 0.6 is 35.0 Å². The summed E-state index contributed by atoms with van der Waals surface area (Å²) in [5.41, 5.74) is 1.35. The number of nitrogens with one attached hydrogen (secondary N) is 1. The molecule has 1 heterocycles. The highest BCUT2D eigenvalue weighted by atomic mass is 35.5. The van der Waals surface area contributed by atoms with Crippen LogP contribution in [0.25, 0.3) is 0 Å². The minimum Gasteiger partial charge on any atom is -0.336 e. The van der Waals surface area contributed by atoms with Crippen molar-refractivity contribution in [2.45, 2.75) is 29.2 Å². The Labute approximate surface area is 176 Å². The van der Waals surface area contributed by atoms with Crippen molar-refractivity contribution in [3.8, 4) is 0 Å². The van der Waals surface area contributed by atoms with Gasteiger partial charge in [-0.05, 0) is 36.6 Å². The standard InChI is InChI=1S/C19H17Cl2N5OS/c20-13-8-14(21)10-15(9-13)23-18(27)16(11-4-2-1-3-5-11)28-19-25-24-17(26(19)22)12-6-7-12/h1-5,8-10,12,16H,6-7,22H2,(H,23,27). The molecule has 1 fully saturated rings. The van der Waals surface area contributed by atoms with Crippen LogP contribution in [0.4, 0.5) is 5.69 Å². The molecule has 1 atom stereocenters. The van der Waals surface area contributed by atoms with Crippen molar-refractivity contribution in [2.75, 3.05) is 11.2 Å². The summed E-state index contributed by atoms with van der Waals surface area (Å²) < 4.78 is 1.49. The first-order valence-electron chi connectivity index (χ1n) is 8.70. The molecule has 4 rings (SSSR count). The number of carbonyl (C=O) groups is 1. The summed E-state index contributed by atoms with van der Waals surface area (Å²) in [5, 5.41) is 12.1. The fourth-order valence-corrected chi connectivity index (χ4v) is 4.32. The van der Waals surface area contributed by atoms with Crippen LogP contribution in [-0.2, 0) is 4.79 Å². The Hall–Kier alpha value is -2.22. The Morgan fingerprint density at radius 3 is 2.46 bits per heavy atom. The van der Waals surface area contributed by atoms with Crippen LogP contribution in [0.15, 0.2) is 53.7 Å². The predicted octanol–water partition coefficient (Wildman–Crippen LogP) is 4.65. The number of halogens is 2. The van der Waals surface area contributed by atoms with E-state index in [1.165, 1.54) is 16.4 Å². The second kappa shape index (κ2) is 8.03. The number of carbonyl (C=O) groups excluding carboxylic acids is 1. The third kappa shape index (κ3) is 4.27. The van der Waals surface area contributed by atoms with Crippen molar-refractivity contribution in [3.63, 3.8) is 0 Å². The number of hydrogen-bond donors (Lipinski definition) is 2. The van der Waals surface area contributed by atoms with Gasteiger partial charge in [0.05, 0.1) is 0 Å². The van der Waals surface area contributed by atoms with E-state index in [0.29, 0.717) is 26.8 Å². The maximum absolute atomic E-state index is 13.1. The second-order valence-electron chi connectivity index (χ2n) is 6.54. The zero-order chi connectivity index (χ0) is 19.7. The van der Waals surface area contributed by atoms with Gasteiger partial charge in [-0.15, -0.1) is 10.2 Å². The number of hydrogen-bond acceptors (Lipinski definition) is 5. The van der Waals surface area contributed by atoms with E-state index in [0.717, 1.165) is 24.2 Å². The number of nitrogens with zero attached hydrogens (tertiary/aromatic N) is 3. The van der Waals surface area contributed by atoms with Gasteiger partial charge in [-0.25, -0.2) is 4.68 Å². The first-order valence-corrected chi connectivity index (χ1v) is 10.3. The molecule has 1 aliphatic rings. The Bertz CT molecular complexity index is 987. The fraction of sp³-hybridized carbons (Fsp3) is 0.211. The highest BCUT2D eigenvalue weighted by Gasteiger charge is 2.31. The average Bonchev–Trinajstić information content (AvgIpc) is 3.43. The molecule has 28 heavy (non-hydrogen) atoms. The van der Waals surface area contributed by atoms with Gasteiger partial charge in [0.2, 0.25) is 11.1 Å². The molecule has 0 aliphatic heterocycles. The number of rotatable bonds is 6. The lowest BCUT2D eigenvalue weighted by Gasteiger charge is -2.17. The molecule has 144 valence electrons. The molecule has 1 saturated carbocycles. The third-order valence-electron chi connectivity index (χ3n) is 4.33. The average molecular weight is 434 g/mol. The topological polar surface area (TPSA) is 85.8 Å². The predicted molar refractivity (Wildman–Crippen MR) is 112 cm³/mol. The summed E-state index contributed by atoms with van der Waals surface area (Å²) >= 11 is 13.3. The van der Waals surface area contributed by atoms with Crippen molar-refractivity contribution in [1.29, 1.82) is 0 Å². The summed E-state index contributed by atoms with van der Waals surface area (Å²) in [6.07, 6.45) is 2.14. The van der Waals surface area contributed by atoms with Gasteiger partial charge in [-0.1, -0.05) is 65.3 Å². The van der Waals surface area contributed by atoms with Gasteiger partial charge in [0.25, 0.3) is 0 Å². The maximum atomic E-state index is 13.1. The number of benzene rings is 2. The molecule has 1 unspecified atom stereocenters. The van der Waals surface area contributed by atoms with E-state index < -0.39 is 5.25 Å². The zero-order valence-corrected chi connectivity index (χ0v) is 17.0. The van der Waals surface area contributed by atoms with Crippen LogP contribution in [0.1, 0.15) is 35.4 Å². The van der Waals surface area contributed by atoms with Gasteiger partial charge in [0, 0.05) is 21.7 Å². The molecule has 2 aromatic carbocycles. The van der Waals surface area contributed by atoms with Crippen molar-refractivity contribution in [3.05, 3.63) is 70.0 Å². The van der Waals surface area contributed by atoms with Gasteiger partial charge in [0.1, 0.15) is 5.25 Å². The van der Waals surface area contributed by atoms with E-state index in [-0.39, 0.29) is 5.91 Å². The summed E-state index contributed by atoms with van der Waals surface area (Å²) in [6.45, 7) is 0. The zero-order valence-electron chi connectivity index (χ0n) is 14.7. The molecule has 3 N–H and O–H groups in total. The van der Waals surface area contributed by atoms with E-state index in [2.05, 4.69) is 15.5 Å². The van der Waals surface area contributed by atoms with Crippen molar-refractivity contribution < 1.29 is 4.79 Å². The van der Waals surface area contributed by atoms with Crippen LogP contribution in [-0.4, -0.2) is 20.8 Å². The molecule has 9 heteroatoms. The van der Waals surface area contributed by atoms with E-state index in [1.807, 2.05) is 30.3 Å². The number of nitrogen functional groups attached to an aromatic ring is 1. The Kier molecular flexibility index (Phi) is 5.48. The number of thioether (sulfide) groups is 1. The smallest absolute Gasteiger partial charge is 0.242 e. The molecular formula is C19H17Cl2N5OS. The number of aromatic nitrogens is 3. The van der Waals surface area contributed by atoms with Gasteiger partial charge in [-0.3, -0.25) is 4.79 Å². The molecule has 0 radical (unpaired) electrons. The van der Waals surface area contributed by atoms with Gasteiger partial charge < -0.3 is 11.2 Å². The van der Waals surface area contributed by atoms with Gasteiger partial charge in [0.15, 0.2) is 5.82 Å². The summed E-state index contributed by atoms with van der Waals surface area (Å²) in [5.74, 6) is 7.06. The van der Waals surface area contributed by atoms with Crippen LogP contribution in [0.5, 0.6) is 0 Å². The largest absolute Gasteiger partial charge is 0.336 e. The summed E-state index contributed by atoms with van der Waals surface area (Å²) in [7, 11) is 0. The fourth-order valence-electron chi connectivity index (χ4n) is 2.83. The number of nitrogens with two attached hydrogens (primary N) is 1. The van der Waals surface area contributed by atoms with E-state index in [9.17, 15) is 4.79 Å². The normalized spacial score (nSPS) is 14.6. The van der Waals surface area contributed by atoms with Crippen LogP contribution in [0.3, 0.4) is 0 Å². The highest BCUT2D eigenvalue weighted by Crippen LogP contribution is 2.41. The van der Waals surface area contributed by atoms with E-state index >= 15 is 0 Å². The lowest BCUT2D eigenvalue weighted by molar-refractivity contribution is -0.115. The molecule has 6 nitrogen and oxygen atoms in total. The van der Waals surface area contributed by atoms with E-state index in [1.54, 1.807) is 18.2 Å². The minimum absolute atomic E-state index is 0.231. The van der Waals surface area contributed by atoms with Crippen LogP contribution in [0, 0.1) is 0 Å². The first kappa shape index (κ1) is 19.1. The Morgan fingerprint density at radius 2 is 1.82 bits per heavy atom. The third-order valence-corrected chi connectivity index (χ3v) is 5.97. The highest BCUT2D eigenvalue weighted by molar-refractivity contribution is 8.00. The quantitative estimate of drug-likeness (QED) is 0.436. The lowest BCUT2D eigenvalue weighted by Crippen LogP contribution is -2.21.